The van der Waals surface area contributed by atoms with Crippen LogP contribution in [0.4, 0.5) is 0 Å². The Labute approximate surface area is 243 Å². The van der Waals surface area contributed by atoms with Gasteiger partial charge in [-0.25, -0.2) is 4.98 Å². The largest absolute Gasteiger partial charge is 0.254 e. The number of nitrogens with zero attached hydrogens (tertiary/aromatic N) is 3. The molecule has 0 bridgehead atoms. The smallest absolute Gasteiger partial charge is 0.0991 e. The SMILES string of the molecule is N#Cc1ccc(-c2cccc3ccc(-c4ccc5c(-c6ccc7ccc8cccnc8c7n6)cccc5c4)cc23)cc1. The summed E-state index contributed by atoms with van der Waals surface area (Å²) < 4.78 is 0. The van der Waals surface area contributed by atoms with Crippen molar-refractivity contribution >= 4 is 43.4 Å². The number of pyridine rings is 2. The molecule has 3 heteroatoms. The molecule has 0 atom stereocenters. The number of fused-ring (bicyclic) bond motifs is 5. The van der Waals surface area contributed by atoms with Gasteiger partial charge in [-0.15, -0.1) is 0 Å². The van der Waals surface area contributed by atoms with E-state index in [1.807, 2.05) is 36.5 Å². The van der Waals surface area contributed by atoms with E-state index in [0.717, 1.165) is 55.3 Å². The third-order valence-corrected chi connectivity index (χ3v) is 8.13. The summed E-state index contributed by atoms with van der Waals surface area (Å²) in [4.78, 5) is 9.74. The summed E-state index contributed by atoms with van der Waals surface area (Å²) in [5.74, 6) is 0. The molecular formula is C39H23N3. The Kier molecular flexibility index (Phi) is 5.52. The van der Waals surface area contributed by atoms with Gasteiger partial charge in [-0.2, -0.15) is 5.26 Å². The number of nitriles is 1. The molecule has 2 aromatic heterocycles. The highest BCUT2D eigenvalue weighted by Crippen LogP contribution is 2.36. The van der Waals surface area contributed by atoms with Crippen molar-refractivity contribution in [2.24, 2.45) is 0 Å². The van der Waals surface area contributed by atoms with Crippen LogP contribution in [0.2, 0.25) is 0 Å². The fourth-order valence-electron chi connectivity index (χ4n) is 5.99. The molecule has 2 heterocycles. The van der Waals surface area contributed by atoms with E-state index >= 15 is 0 Å². The van der Waals surface area contributed by atoms with Gasteiger partial charge in [0.2, 0.25) is 0 Å². The fourth-order valence-corrected chi connectivity index (χ4v) is 5.99. The van der Waals surface area contributed by atoms with Crippen molar-refractivity contribution in [3.05, 3.63) is 145 Å². The Bertz CT molecular complexity index is 2360. The van der Waals surface area contributed by atoms with Gasteiger partial charge in [-0.3, -0.25) is 4.98 Å². The van der Waals surface area contributed by atoms with Crippen LogP contribution >= 0.6 is 0 Å². The molecule has 0 saturated carbocycles. The maximum atomic E-state index is 9.21. The van der Waals surface area contributed by atoms with Gasteiger partial charge in [0, 0.05) is 22.5 Å². The Morgan fingerprint density at radius 2 is 1.14 bits per heavy atom. The molecule has 0 radical (unpaired) electrons. The van der Waals surface area contributed by atoms with Crippen LogP contribution < -0.4 is 0 Å². The van der Waals surface area contributed by atoms with Crippen molar-refractivity contribution in [1.29, 1.82) is 5.26 Å². The lowest BCUT2D eigenvalue weighted by atomic mass is 9.93. The van der Waals surface area contributed by atoms with Crippen LogP contribution in [0.5, 0.6) is 0 Å². The van der Waals surface area contributed by atoms with Crippen molar-refractivity contribution in [3.8, 4) is 39.6 Å². The molecule has 0 aliphatic heterocycles. The second-order valence-electron chi connectivity index (χ2n) is 10.6. The summed E-state index contributed by atoms with van der Waals surface area (Å²) in [7, 11) is 0. The predicted molar refractivity (Wildman–Crippen MR) is 173 cm³/mol. The van der Waals surface area contributed by atoms with Crippen molar-refractivity contribution in [1.82, 2.24) is 9.97 Å². The molecule has 8 rings (SSSR count). The van der Waals surface area contributed by atoms with Gasteiger partial charge in [0.1, 0.15) is 0 Å². The molecule has 0 fully saturated rings. The van der Waals surface area contributed by atoms with Gasteiger partial charge in [0.15, 0.2) is 0 Å². The third kappa shape index (κ3) is 3.98. The molecule has 42 heavy (non-hydrogen) atoms. The van der Waals surface area contributed by atoms with Gasteiger partial charge >= 0.3 is 0 Å². The molecule has 194 valence electrons. The number of benzene rings is 6. The van der Waals surface area contributed by atoms with E-state index in [1.54, 1.807) is 0 Å². The van der Waals surface area contributed by atoms with Crippen LogP contribution in [0.25, 0.3) is 76.9 Å². The second-order valence-corrected chi connectivity index (χ2v) is 10.6. The highest BCUT2D eigenvalue weighted by Gasteiger charge is 2.11. The van der Waals surface area contributed by atoms with Gasteiger partial charge < -0.3 is 0 Å². The average Bonchev–Trinajstić information content (AvgIpc) is 3.07. The van der Waals surface area contributed by atoms with Crippen LogP contribution in [0.1, 0.15) is 5.56 Å². The van der Waals surface area contributed by atoms with E-state index in [-0.39, 0.29) is 0 Å². The molecule has 0 aliphatic rings. The normalized spacial score (nSPS) is 11.3. The zero-order valence-corrected chi connectivity index (χ0v) is 22.6. The van der Waals surface area contributed by atoms with Gasteiger partial charge in [-0.1, -0.05) is 97.1 Å². The van der Waals surface area contributed by atoms with Gasteiger partial charge in [-0.05, 0) is 80.2 Å². The predicted octanol–water partition coefficient (Wildman–Crippen LogP) is 9.96. The van der Waals surface area contributed by atoms with Crippen LogP contribution in [0.3, 0.4) is 0 Å². The Morgan fingerprint density at radius 3 is 2.00 bits per heavy atom. The van der Waals surface area contributed by atoms with Gasteiger partial charge in [0.25, 0.3) is 0 Å². The maximum absolute atomic E-state index is 9.21. The molecule has 0 aliphatic carbocycles. The molecule has 0 unspecified atom stereocenters. The van der Waals surface area contributed by atoms with E-state index in [2.05, 4.69) is 114 Å². The molecule has 0 N–H and O–H groups in total. The summed E-state index contributed by atoms with van der Waals surface area (Å²) in [5, 5.41) is 16.1. The summed E-state index contributed by atoms with van der Waals surface area (Å²) in [6.07, 6.45) is 1.83. The Hall–Kier alpha value is -5.85. The van der Waals surface area contributed by atoms with Crippen molar-refractivity contribution in [3.63, 3.8) is 0 Å². The highest BCUT2D eigenvalue weighted by atomic mass is 14.8. The minimum Gasteiger partial charge on any atom is -0.254 e. The molecule has 0 amide bonds. The van der Waals surface area contributed by atoms with Gasteiger partial charge in [0.05, 0.1) is 28.4 Å². The Morgan fingerprint density at radius 1 is 0.476 bits per heavy atom. The van der Waals surface area contributed by atoms with E-state index in [4.69, 9.17) is 4.98 Å². The molecule has 0 saturated heterocycles. The first kappa shape index (κ1) is 24.0. The minimum absolute atomic E-state index is 0.666. The lowest BCUT2D eigenvalue weighted by Gasteiger charge is -2.12. The lowest BCUT2D eigenvalue weighted by molar-refractivity contribution is 1.37. The lowest BCUT2D eigenvalue weighted by Crippen LogP contribution is -1.90. The molecule has 3 nitrogen and oxygen atoms in total. The Balaban J connectivity index is 1.23. The van der Waals surface area contributed by atoms with E-state index in [1.165, 1.54) is 21.5 Å². The monoisotopic (exact) mass is 533 g/mol. The maximum Gasteiger partial charge on any atom is 0.0991 e. The number of hydrogen-bond donors (Lipinski definition) is 0. The summed E-state index contributed by atoms with van der Waals surface area (Å²) in [6, 6.07) is 48.7. The van der Waals surface area contributed by atoms with Crippen molar-refractivity contribution in [2.75, 3.05) is 0 Å². The average molecular weight is 534 g/mol. The van der Waals surface area contributed by atoms with Crippen LogP contribution in [-0.4, -0.2) is 9.97 Å². The standard InChI is InChI=1S/C39H23N3/c40-24-25-9-11-27(12-10-25)33-7-1-4-26-13-16-31(23-36(26)33)30-17-19-34-32(22-30)5-2-8-35(34)37-20-18-29-15-14-28-6-3-21-41-38(28)39(29)42-37/h1-23H. The zero-order chi connectivity index (χ0) is 28.0. The fraction of sp³-hybridized carbons (Fsp3) is 0. The molecule has 0 spiro atoms. The van der Waals surface area contributed by atoms with E-state index < -0.39 is 0 Å². The summed E-state index contributed by atoms with van der Waals surface area (Å²) in [5.41, 5.74) is 9.16. The molecular weight excluding hydrogens is 510 g/mol. The second kappa shape index (κ2) is 9.66. The zero-order valence-electron chi connectivity index (χ0n) is 22.6. The summed E-state index contributed by atoms with van der Waals surface area (Å²) in [6.45, 7) is 0. The number of rotatable bonds is 3. The van der Waals surface area contributed by atoms with Crippen LogP contribution in [0, 0.1) is 11.3 Å². The first-order valence-electron chi connectivity index (χ1n) is 14.0. The number of aromatic nitrogens is 2. The first-order valence-corrected chi connectivity index (χ1v) is 14.0. The summed E-state index contributed by atoms with van der Waals surface area (Å²) >= 11 is 0. The number of hydrogen-bond acceptors (Lipinski definition) is 3. The highest BCUT2D eigenvalue weighted by molar-refractivity contribution is 6.05. The minimum atomic E-state index is 0.666. The van der Waals surface area contributed by atoms with Crippen LogP contribution in [-0.2, 0) is 0 Å². The topological polar surface area (TPSA) is 49.6 Å². The van der Waals surface area contributed by atoms with E-state index in [0.29, 0.717) is 5.56 Å². The quantitative estimate of drug-likeness (QED) is 0.212. The van der Waals surface area contributed by atoms with Crippen molar-refractivity contribution in [2.45, 2.75) is 0 Å². The first-order chi connectivity index (χ1) is 20.7. The molecule has 6 aromatic carbocycles. The van der Waals surface area contributed by atoms with E-state index in [9.17, 15) is 5.26 Å². The molecule has 8 aromatic rings. The van der Waals surface area contributed by atoms with Crippen LogP contribution in [0.15, 0.2) is 140 Å². The third-order valence-electron chi connectivity index (χ3n) is 8.13. The van der Waals surface area contributed by atoms with Crippen molar-refractivity contribution < 1.29 is 0 Å².